The number of aryl methyl sites for hydroxylation is 1. The Morgan fingerprint density at radius 1 is 1.26 bits per heavy atom. The fourth-order valence-corrected chi connectivity index (χ4v) is 4.45. The van der Waals surface area contributed by atoms with Gasteiger partial charge in [0.25, 0.3) is 0 Å². The van der Waals surface area contributed by atoms with Crippen molar-refractivity contribution in [2.45, 2.75) is 50.9 Å². The van der Waals surface area contributed by atoms with Gasteiger partial charge in [0.05, 0.1) is 22.8 Å². The number of nitrogens with one attached hydrogen (secondary N) is 1. The van der Waals surface area contributed by atoms with Gasteiger partial charge in [-0.05, 0) is 65.5 Å². The van der Waals surface area contributed by atoms with Crippen molar-refractivity contribution >= 4 is 21.8 Å². The van der Waals surface area contributed by atoms with Gasteiger partial charge in [-0.3, -0.25) is 9.48 Å². The first-order valence-corrected chi connectivity index (χ1v) is 10.9. The molecule has 9 heteroatoms. The van der Waals surface area contributed by atoms with Gasteiger partial charge in [-0.1, -0.05) is 12.1 Å². The number of carbonyl (C=O) groups excluding carboxylic acids is 1. The first-order chi connectivity index (χ1) is 14.7. The second-order valence-electron chi connectivity index (χ2n) is 7.77. The van der Waals surface area contributed by atoms with Crippen molar-refractivity contribution < 1.29 is 18.0 Å². The molecular formula is C22H22BrF3N4O. The second kappa shape index (κ2) is 8.53. The number of rotatable bonds is 7. The average Bonchev–Trinajstić information content (AvgIpc) is 3.27. The molecule has 1 aliphatic carbocycles. The van der Waals surface area contributed by atoms with Crippen LogP contribution >= 0.6 is 15.9 Å². The van der Waals surface area contributed by atoms with Crippen molar-refractivity contribution in [3.05, 3.63) is 70.2 Å². The van der Waals surface area contributed by atoms with E-state index in [2.05, 4.69) is 26.3 Å². The summed E-state index contributed by atoms with van der Waals surface area (Å²) in [7, 11) is 0. The number of nitrogens with zero attached hydrogens (tertiary/aromatic N) is 3. The number of carbonyl (C=O) groups is 1. The smallest absolute Gasteiger partial charge is 0.350 e. The minimum Gasteiger partial charge on any atom is -0.350 e. The lowest BCUT2D eigenvalue weighted by Crippen LogP contribution is -2.28. The van der Waals surface area contributed by atoms with Crippen LogP contribution in [0.15, 0.2) is 53.3 Å². The highest BCUT2D eigenvalue weighted by atomic mass is 79.9. The first-order valence-electron chi connectivity index (χ1n) is 10.1. The van der Waals surface area contributed by atoms with Crippen LogP contribution in [0.2, 0.25) is 0 Å². The molecule has 1 N–H and O–H groups in total. The number of benzene rings is 1. The summed E-state index contributed by atoms with van der Waals surface area (Å²) in [5.74, 6) is -0.169. The Labute approximate surface area is 186 Å². The first kappa shape index (κ1) is 21.7. The molecule has 1 aromatic carbocycles. The number of alkyl halides is 3. The topological polar surface area (TPSA) is 51.9 Å². The van der Waals surface area contributed by atoms with Crippen LogP contribution in [0.1, 0.15) is 55.1 Å². The Kier molecular flexibility index (Phi) is 5.96. The van der Waals surface area contributed by atoms with Crippen molar-refractivity contribution in [3.8, 4) is 5.69 Å². The van der Waals surface area contributed by atoms with E-state index in [9.17, 15) is 18.0 Å². The summed E-state index contributed by atoms with van der Waals surface area (Å²) in [5, 5.41) is 6.69. The molecule has 164 valence electrons. The Morgan fingerprint density at radius 2 is 1.97 bits per heavy atom. The summed E-state index contributed by atoms with van der Waals surface area (Å²) < 4.78 is 43.0. The molecule has 4 rings (SSSR count). The van der Waals surface area contributed by atoms with Gasteiger partial charge in [-0.25, -0.2) is 0 Å². The Bertz CT molecular complexity index is 1070. The van der Waals surface area contributed by atoms with Gasteiger partial charge in [0.2, 0.25) is 5.91 Å². The summed E-state index contributed by atoms with van der Waals surface area (Å²) in [4.78, 5) is 12.5. The van der Waals surface area contributed by atoms with Crippen molar-refractivity contribution in [1.29, 1.82) is 0 Å². The standard InChI is InChI=1S/C22H22BrF3N4O/c1-14(16-5-4-6-17(13-16)29-10-2-3-11-29)27-18(31)9-12-30-20(15-7-8-15)19(23)21(28-30)22(24,25)26/h2-6,10-11,13-15H,7-9,12H2,1H3,(H,27,31). The van der Waals surface area contributed by atoms with Crippen molar-refractivity contribution in [3.63, 3.8) is 0 Å². The molecular weight excluding hydrogens is 473 g/mol. The maximum Gasteiger partial charge on any atom is 0.436 e. The quantitative estimate of drug-likeness (QED) is 0.464. The van der Waals surface area contributed by atoms with Gasteiger partial charge in [0.1, 0.15) is 0 Å². The molecule has 1 aliphatic rings. The molecule has 1 atom stereocenters. The van der Waals surface area contributed by atoms with E-state index in [0.29, 0.717) is 5.69 Å². The number of halogens is 4. The van der Waals surface area contributed by atoms with Gasteiger partial charge in [0.15, 0.2) is 5.69 Å². The molecule has 0 radical (unpaired) electrons. The van der Waals surface area contributed by atoms with Crippen molar-refractivity contribution in [1.82, 2.24) is 19.7 Å². The predicted molar refractivity (Wildman–Crippen MR) is 114 cm³/mol. The zero-order valence-corrected chi connectivity index (χ0v) is 18.4. The molecule has 1 saturated carbocycles. The Morgan fingerprint density at radius 3 is 2.61 bits per heavy atom. The highest BCUT2D eigenvalue weighted by Crippen LogP contribution is 2.47. The fourth-order valence-electron chi connectivity index (χ4n) is 3.62. The van der Waals surface area contributed by atoms with Crippen molar-refractivity contribution in [2.24, 2.45) is 0 Å². The van der Waals surface area contributed by atoms with E-state index >= 15 is 0 Å². The third-order valence-electron chi connectivity index (χ3n) is 5.37. The third kappa shape index (κ3) is 4.87. The van der Waals surface area contributed by atoms with Gasteiger partial charge >= 0.3 is 6.18 Å². The van der Waals surface area contributed by atoms with E-state index < -0.39 is 11.9 Å². The SMILES string of the molecule is CC(NC(=O)CCn1nc(C(F)(F)F)c(Br)c1C1CC1)c1cccc(-n2cccc2)c1. The lowest BCUT2D eigenvalue weighted by atomic mass is 10.1. The van der Waals surface area contributed by atoms with E-state index in [0.717, 1.165) is 24.1 Å². The zero-order valence-electron chi connectivity index (χ0n) is 16.9. The van der Waals surface area contributed by atoms with Crippen LogP contribution in [0.5, 0.6) is 0 Å². The lowest BCUT2D eigenvalue weighted by molar-refractivity contribution is -0.142. The van der Waals surface area contributed by atoms with Crippen LogP contribution < -0.4 is 5.32 Å². The number of hydrogen-bond donors (Lipinski definition) is 1. The molecule has 0 aliphatic heterocycles. The minimum absolute atomic E-state index is 0.00176. The van der Waals surface area contributed by atoms with Crippen LogP contribution in [0, 0.1) is 0 Å². The number of amides is 1. The van der Waals surface area contributed by atoms with Gasteiger partial charge < -0.3 is 9.88 Å². The van der Waals surface area contributed by atoms with E-state index in [1.807, 2.05) is 60.3 Å². The van der Waals surface area contributed by atoms with E-state index in [1.165, 1.54) is 4.68 Å². The Balaban J connectivity index is 1.41. The van der Waals surface area contributed by atoms with E-state index in [-0.39, 0.29) is 35.3 Å². The van der Waals surface area contributed by atoms with Gasteiger partial charge in [-0.2, -0.15) is 18.3 Å². The number of hydrogen-bond acceptors (Lipinski definition) is 2. The highest BCUT2D eigenvalue weighted by Gasteiger charge is 2.41. The summed E-state index contributed by atoms with van der Waals surface area (Å²) >= 11 is 3.07. The number of aromatic nitrogens is 3. The minimum atomic E-state index is -4.53. The third-order valence-corrected chi connectivity index (χ3v) is 6.15. The zero-order chi connectivity index (χ0) is 22.2. The van der Waals surface area contributed by atoms with Crippen LogP contribution in [0.25, 0.3) is 5.69 Å². The molecule has 31 heavy (non-hydrogen) atoms. The summed E-state index contributed by atoms with van der Waals surface area (Å²) in [6.45, 7) is 1.98. The molecule has 1 amide bonds. The molecule has 1 unspecified atom stereocenters. The molecule has 2 heterocycles. The van der Waals surface area contributed by atoms with Crippen LogP contribution in [-0.4, -0.2) is 20.3 Å². The molecule has 1 fully saturated rings. The second-order valence-corrected chi connectivity index (χ2v) is 8.56. The fraction of sp³-hybridized carbons (Fsp3) is 0.364. The van der Waals surface area contributed by atoms with Crippen LogP contribution in [0.4, 0.5) is 13.2 Å². The van der Waals surface area contributed by atoms with E-state index in [4.69, 9.17) is 0 Å². The van der Waals surface area contributed by atoms with Crippen LogP contribution in [0.3, 0.4) is 0 Å². The molecule has 3 aromatic rings. The molecule has 5 nitrogen and oxygen atoms in total. The maximum atomic E-state index is 13.2. The molecule has 0 saturated heterocycles. The van der Waals surface area contributed by atoms with Gasteiger partial charge in [-0.15, -0.1) is 0 Å². The van der Waals surface area contributed by atoms with Crippen LogP contribution in [-0.2, 0) is 17.5 Å². The lowest BCUT2D eigenvalue weighted by Gasteiger charge is -2.16. The predicted octanol–water partition coefficient (Wildman–Crippen LogP) is 5.60. The molecule has 2 aromatic heterocycles. The van der Waals surface area contributed by atoms with Gasteiger partial charge in [0, 0.05) is 30.4 Å². The summed E-state index contributed by atoms with van der Waals surface area (Å²) in [5.41, 5.74) is 1.54. The highest BCUT2D eigenvalue weighted by molar-refractivity contribution is 9.10. The van der Waals surface area contributed by atoms with E-state index in [1.54, 1.807) is 0 Å². The summed E-state index contributed by atoms with van der Waals surface area (Å²) in [6.07, 6.45) is 1.07. The normalized spacial score (nSPS) is 15.1. The monoisotopic (exact) mass is 494 g/mol. The largest absolute Gasteiger partial charge is 0.436 e. The van der Waals surface area contributed by atoms with Crippen molar-refractivity contribution in [2.75, 3.05) is 0 Å². The summed E-state index contributed by atoms with van der Waals surface area (Å²) in [6, 6.07) is 11.5. The Hall–Kier alpha value is -2.55. The average molecular weight is 495 g/mol. The molecule has 0 spiro atoms. The molecule has 0 bridgehead atoms. The maximum absolute atomic E-state index is 13.2.